The number of nitrogens with one attached hydrogen (secondary N) is 6. The smallest absolute Gasteiger partial charge is 0.336 e. The Morgan fingerprint density at radius 2 is 1.60 bits per heavy atom. The number of phenols is 1. The van der Waals surface area contributed by atoms with E-state index in [0.717, 1.165) is 28.8 Å². The van der Waals surface area contributed by atoms with Crippen LogP contribution in [0.4, 0.5) is 10.5 Å². The number of unbranched alkanes of at least 4 members (excludes halogenated alkanes) is 2. The zero-order valence-electron chi connectivity index (χ0n) is 38.9. The highest BCUT2D eigenvalue weighted by Crippen LogP contribution is 2.42. The molecule has 5 atom stereocenters. The maximum absolute atomic E-state index is 13.7. The van der Waals surface area contributed by atoms with E-state index in [1.54, 1.807) is 17.8 Å². The molecule has 21 nitrogen and oxygen atoms in total. The normalized spacial score (nSPS) is 17.8. The highest BCUT2D eigenvalue weighted by Gasteiger charge is 2.42. The molecule has 2 aromatic rings. The van der Waals surface area contributed by atoms with Crippen molar-refractivity contribution in [1.29, 1.82) is 0 Å². The van der Waals surface area contributed by atoms with Crippen LogP contribution in [-0.2, 0) is 33.6 Å². The standard InChI is InChI=1S/C49H54N8O13S2/c50-46(65)35(23-71-25-41(62)52-26-10-13-29(32(20-26)48(67)68)44-30-14-11-27(58)21-36(30)70-37-22-28(59)12-15-31(37)44)54-47(66)33(6-3-4-18-51-39(60)9-5-19-57-42(63)16-17-43(57)64)53-40(61)8-2-1-7-38-45-34(24-72-38)55-49(69)56-45/h10-17,20-22,33-35,38,45,58H,1-9,18-19,23-25H2,(H2,50,65)(H,51,60)(H,52,62)(H,53,61)(H,54,66)(H,67,68)(H2,55,56,69)/t33?,34-,35?,38-,45-/m0/s1. The van der Waals surface area contributed by atoms with Crippen LogP contribution in [-0.4, -0.2) is 128 Å². The van der Waals surface area contributed by atoms with Gasteiger partial charge in [-0.25, -0.2) is 9.59 Å². The summed E-state index contributed by atoms with van der Waals surface area (Å²) in [5.74, 6) is -4.46. The molecule has 9 amide bonds. The summed E-state index contributed by atoms with van der Waals surface area (Å²) >= 11 is 2.74. The Kier molecular flexibility index (Phi) is 17.6. The second kappa shape index (κ2) is 24.1. The highest BCUT2D eigenvalue weighted by molar-refractivity contribution is 8.00. The van der Waals surface area contributed by atoms with Gasteiger partial charge in [0.2, 0.25) is 29.5 Å². The van der Waals surface area contributed by atoms with Gasteiger partial charge < -0.3 is 52.3 Å². The van der Waals surface area contributed by atoms with Crippen molar-refractivity contribution in [2.75, 3.05) is 35.7 Å². The zero-order valence-corrected chi connectivity index (χ0v) is 40.5. The van der Waals surface area contributed by atoms with Crippen molar-refractivity contribution in [2.45, 2.75) is 87.2 Å². The van der Waals surface area contributed by atoms with Crippen LogP contribution >= 0.6 is 23.5 Å². The molecule has 0 saturated carbocycles. The number of urea groups is 1. The van der Waals surface area contributed by atoms with Crippen molar-refractivity contribution in [3.8, 4) is 28.2 Å². The number of primary amides is 1. The minimum absolute atomic E-state index is 0.0323. The lowest BCUT2D eigenvalue weighted by Gasteiger charge is -2.22. The summed E-state index contributed by atoms with van der Waals surface area (Å²) < 4.78 is 5.89. The van der Waals surface area contributed by atoms with E-state index in [1.807, 2.05) is 0 Å². The van der Waals surface area contributed by atoms with Gasteiger partial charge in [0.25, 0.3) is 11.8 Å². The van der Waals surface area contributed by atoms with Crippen LogP contribution in [0.15, 0.2) is 76.0 Å². The van der Waals surface area contributed by atoms with Gasteiger partial charge in [-0.15, -0.1) is 11.8 Å². The summed E-state index contributed by atoms with van der Waals surface area (Å²) in [6, 6.07) is 10.3. The van der Waals surface area contributed by atoms with Gasteiger partial charge in [-0.1, -0.05) is 12.5 Å². The summed E-state index contributed by atoms with van der Waals surface area (Å²) in [5, 5.41) is 37.8. The van der Waals surface area contributed by atoms with Crippen LogP contribution in [0.25, 0.3) is 33.4 Å². The van der Waals surface area contributed by atoms with Gasteiger partial charge in [-0.2, -0.15) is 11.8 Å². The van der Waals surface area contributed by atoms with E-state index in [-0.39, 0.29) is 125 Å². The Morgan fingerprint density at radius 3 is 2.36 bits per heavy atom. The predicted octanol–water partition coefficient (Wildman–Crippen LogP) is 2.81. The average Bonchev–Trinajstić information content (AvgIpc) is 4.00. The Balaban J connectivity index is 0.922. The number of anilines is 1. The Labute approximate surface area is 420 Å². The lowest BCUT2D eigenvalue weighted by molar-refractivity contribution is -0.137. The molecule has 0 bridgehead atoms. The number of hydrogen-bond acceptors (Lipinski definition) is 14. The average molecular weight is 1030 g/mol. The van der Waals surface area contributed by atoms with Crippen molar-refractivity contribution in [1.82, 2.24) is 31.5 Å². The van der Waals surface area contributed by atoms with Crippen LogP contribution in [0.3, 0.4) is 0 Å². The number of rotatable bonds is 25. The summed E-state index contributed by atoms with van der Waals surface area (Å²) in [7, 11) is 0. The fraction of sp³-hybridized carbons (Fsp3) is 0.388. The molecule has 23 heteroatoms. The molecule has 0 spiro atoms. The van der Waals surface area contributed by atoms with Crippen molar-refractivity contribution in [3.63, 3.8) is 0 Å². The van der Waals surface area contributed by atoms with Crippen LogP contribution < -0.4 is 43.1 Å². The summed E-state index contributed by atoms with van der Waals surface area (Å²) in [5.41, 5.74) is 6.63. The first-order valence-corrected chi connectivity index (χ1v) is 25.6. The van der Waals surface area contributed by atoms with E-state index in [9.17, 15) is 58.2 Å². The van der Waals surface area contributed by atoms with E-state index in [1.165, 1.54) is 60.7 Å². The number of aromatic carboxylic acids is 1. The molecule has 2 unspecified atom stereocenters. The number of hydrogen-bond donors (Lipinski definition) is 9. The Morgan fingerprint density at radius 1 is 0.833 bits per heavy atom. The number of carbonyl (C=O) groups excluding carboxylic acids is 8. The van der Waals surface area contributed by atoms with Gasteiger partial charge in [0.15, 0.2) is 5.43 Å². The SMILES string of the molecule is NC(=O)C(CSCC(=O)Nc1ccc(-c2c3ccc(=O)cc-3oc3cc(O)ccc23)c(C(=O)O)c1)NC(=O)C(CCCCNC(=O)CCCN1C(=O)C=CC1=O)NC(=O)CCCC[C@@H]1SC[C@@H]2NC(=O)N[C@@H]21. The van der Waals surface area contributed by atoms with Crippen LogP contribution in [0, 0.1) is 0 Å². The van der Waals surface area contributed by atoms with Gasteiger partial charge in [-0.05, 0) is 80.5 Å². The second-order valence-corrected chi connectivity index (χ2v) is 19.8. The van der Waals surface area contributed by atoms with Gasteiger partial charge in [-0.3, -0.25) is 43.3 Å². The molecule has 1 aliphatic carbocycles. The monoisotopic (exact) mass is 1030 g/mol. The first-order chi connectivity index (χ1) is 34.5. The van der Waals surface area contributed by atoms with Gasteiger partial charge >= 0.3 is 12.0 Å². The number of carboxylic acids is 1. The molecule has 0 aromatic heterocycles. The van der Waals surface area contributed by atoms with Gasteiger partial charge in [0.1, 0.15) is 29.2 Å². The van der Waals surface area contributed by atoms with E-state index < -0.39 is 47.6 Å². The third-order valence-corrected chi connectivity index (χ3v) is 14.9. The van der Waals surface area contributed by atoms with Crippen LogP contribution in [0.1, 0.15) is 68.1 Å². The molecule has 7 rings (SSSR count). The minimum Gasteiger partial charge on any atom is -0.508 e. The number of nitrogens with two attached hydrogens (primary N) is 1. The molecule has 2 saturated heterocycles. The zero-order chi connectivity index (χ0) is 51.5. The molecule has 4 aliphatic heterocycles. The van der Waals surface area contributed by atoms with Crippen molar-refractivity contribution in [3.05, 3.63) is 82.5 Å². The molecule has 72 heavy (non-hydrogen) atoms. The largest absolute Gasteiger partial charge is 0.508 e. The third kappa shape index (κ3) is 13.5. The number of thioether (sulfide) groups is 2. The molecule has 5 aliphatic rings. The van der Waals surface area contributed by atoms with Crippen LogP contribution in [0.2, 0.25) is 0 Å². The molecule has 2 fully saturated rings. The summed E-state index contributed by atoms with van der Waals surface area (Å²) in [6.45, 7) is 0.359. The number of benzene rings is 3. The molecule has 380 valence electrons. The molecular weight excluding hydrogens is 973 g/mol. The fourth-order valence-electron chi connectivity index (χ4n) is 8.75. The van der Waals surface area contributed by atoms with Crippen molar-refractivity contribution < 1.29 is 57.8 Å². The van der Waals surface area contributed by atoms with E-state index >= 15 is 0 Å². The molecular formula is C49H54N8O13S2. The van der Waals surface area contributed by atoms with E-state index in [2.05, 4.69) is 31.9 Å². The maximum atomic E-state index is 13.7. The fourth-order valence-corrected chi connectivity index (χ4v) is 11.2. The van der Waals surface area contributed by atoms with Gasteiger partial charge in [0.05, 0.1) is 23.4 Å². The van der Waals surface area contributed by atoms with Gasteiger partial charge in [0, 0.05) is 89.2 Å². The molecule has 2 aromatic carbocycles. The van der Waals surface area contributed by atoms with E-state index in [0.29, 0.717) is 42.2 Å². The minimum atomic E-state index is -1.31. The van der Waals surface area contributed by atoms with Crippen molar-refractivity contribution in [2.24, 2.45) is 5.73 Å². The lowest BCUT2D eigenvalue weighted by atomic mass is 9.90. The number of aromatic hydroxyl groups is 1. The quantitative estimate of drug-likeness (QED) is 0.0200. The molecule has 4 heterocycles. The lowest BCUT2D eigenvalue weighted by Crippen LogP contribution is -2.53. The van der Waals surface area contributed by atoms with Crippen molar-refractivity contribution >= 4 is 93.5 Å². The number of phenolic OH excluding ortho intramolecular Hbond substituents is 1. The second-order valence-electron chi connectivity index (χ2n) is 17.5. The number of carbonyl (C=O) groups is 9. The number of amides is 9. The number of imide groups is 1. The summed E-state index contributed by atoms with van der Waals surface area (Å²) in [6.07, 6.45) is 5.80. The number of nitrogens with zero attached hydrogens (tertiary/aromatic N) is 1. The molecule has 0 radical (unpaired) electrons. The maximum Gasteiger partial charge on any atom is 0.336 e. The Bertz CT molecular complexity index is 2820. The number of fused-ring (bicyclic) bond motifs is 3. The predicted molar refractivity (Wildman–Crippen MR) is 268 cm³/mol. The Hall–Kier alpha value is -7.40. The molecule has 10 N–H and O–H groups in total. The first kappa shape index (κ1) is 52.4. The highest BCUT2D eigenvalue weighted by atomic mass is 32.2. The first-order valence-electron chi connectivity index (χ1n) is 23.4. The topological polar surface area (TPSA) is 326 Å². The third-order valence-electron chi connectivity index (χ3n) is 12.3. The van der Waals surface area contributed by atoms with Crippen LogP contribution in [0.5, 0.6) is 5.75 Å². The summed E-state index contributed by atoms with van der Waals surface area (Å²) in [4.78, 5) is 126. The van der Waals surface area contributed by atoms with E-state index in [4.69, 9.17) is 10.2 Å². The number of carboxylic acid groups (broad SMARTS) is 1.